The number of hydrogen-bond acceptors (Lipinski definition) is 6. The second-order valence-corrected chi connectivity index (χ2v) is 5.70. The van der Waals surface area contributed by atoms with E-state index in [4.69, 9.17) is 17.5 Å². The van der Waals surface area contributed by atoms with Gasteiger partial charge >= 0.3 is 10.4 Å². The maximum atomic E-state index is 8.74. The summed E-state index contributed by atoms with van der Waals surface area (Å²) in [6.45, 7) is 3.80. The fraction of sp³-hybridized carbons (Fsp3) is 0.286. The number of amidine groups is 2. The summed E-state index contributed by atoms with van der Waals surface area (Å²) in [5, 5.41) is 3.18. The normalized spacial score (nSPS) is 17.0. The number of rotatable bonds is 2. The van der Waals surface area contributed by atoms with Gasteiger partial charge in [0.2, 0.25) is 0 Å². The van der Waals surface area contributed by atoms with Crippen molar-refractivity contribution in [3.63, 3.8) is 0 Å². The molecule has 3 rings (SSSR count). The van der Waals surface area contributed by atoms with Gasteiger partial charge in [-0.2, -0.15) is 8.42 Å². The number of aliphatic imine (C=N–C) groups is 2. The molecule has 9 heteroatoms. The molecule has 0 unspecified atom stereocenters. The van der Waals surface area contributed by atoms with E-state index in [0.29, 0.717) is 0 Å². The molecule has 0 radical (unpaired) electrons. The van der Waals surface area contributed by atoms with Crippen molar-refractivity contribution < 1.29 is 17.5 Å². The van der Waals surface area contributed by atoms with Crippen molar-refractivity contribution >= 4 is 27.6 Å². The first kappa shape index (κ1) is 17.1. The Balaban J connectivity index is 0.000000338. The van der Waals surface area contributed by atoms with Crippen LogP contribution in [-0.2, 0) is 10.4 Å². The Hall–Kier alpha value is -2.23. The van der Waals surface area contributed by atoms with Gasteiger partial charge in [-0.05, 0) is 12.5 Å². The van der Waals surface area contributed by atoms with Crippen molar-refractivity contribution in [1.82, 2.24) is 10.2 Å². The monoisotopic (exact) mass is 338 g/mol. The third-order valence-corrected chi connectivity index (χ3v) is 3.26. The molecule has 3 N–H and O–H groups in total. The molecule has 0 bridgehead atoms. The molecule has 0 atom stereocenters. The summed E-state index contributed by atoms with van der Waals surface area (Å²) < 4.78 is 31.6. The first-order valence-corrected chi connectivity index (χ1v) is 8.26. The molecule has 0 saturated carbocycles. The molecule has 8 nitrogen and oxygen atoms in total. The Morgan fingerprint density at radius 3 is 2.39 bits per heavy atom. The van der Waals surface area contributed by atoms with E-state index in [0.717, 1.165) is 41.7 Å². The highest BCUT2D eigenvalue weighted by molar-refractivity contribution is 7.79. The summed E-state index contributed by atoms with van der Waals surface area (Å²) in [6.07, 6.45) is 0. The molecule has 23 heavy (non-hydrogen) atoms. The molecule has 2 aliphatic heterocycles. The molecular weight excluding hydrogens is 320 g/mol. The summed E-state index contributed by atoms with van der Waals surface area (Å²) in [7, 11) is -2.76. The SMILES string of the molecule is CNC1=C(c2ccccc2)C2=NCCN2C(C)=N1.O=S(=O)(O)O. The fourth-order valence-corrected chi connectivity index (χ4v) is 2.41. The van der Waals surface area contributed by atoms with Crippen LogP contribution in [0.3, 0.4) is 0 Å². The van der Waals surface area contributed by atoms with Gasteiger partial charge in [0.1, 0.15) is 17.5 Å². The van der Waals surface area contributed by atoms with Crippen LogP contribution < -0.4 is 5.32 Å². The lowest BCUT2D eigenvalue weighted by Gasteiger charge is -2.27. The van der Waals surface area contributed by atoms with Gasteiger partial charge in [-0.1, -0.05) is 30.3 Å². The van der Waals surface area contributed by atoms with E-state index in [9.17, 15) is 0 Å². The van der Waals surface area contributed by atoms with Crippen LogP contribution in [0, 0.1) is 0 Å². The predicted molar refractivity (Wildman–Crippen MR) is 88.7 cm³/mol. The third-order valence-electron chi connectivity index (χ3n) is 3.26. The van der Waals surface area contributed by atoms with Crippen molar-refractivity contribution in [2.75, 3.05) is 20.1 Å². The minimum Gasteiger partial charge on any atom is -0.372 e. The van der Waals surface area contributed by atoms with Crippen molar-refractivity contribution in [2.45, 2.75) is 6.92 Å². The topological polar surface area (TPSA) is 115 Å². The molecule has 1 aromatic rings. The first-order valence-electron chi connectivity index (χ1n) is 6.86. The van der Waals surface area contributed by atoms with Gasteiger partial charge in [0.05, 0.1) is 12.1 Å². The summed E-state index contributed by atoms with van der Waals surface area (Å²) in [6, 6.07) is 10.3. The van der Waals surface area contributed by atoms with Gasteiger partial charge < -0.3 is 10.2 Å². The standard InChI is InChI=1S/C14H16N4.H2O4S/c1-10-17-13(15-2)12(11-6-4-3-5-7-11)14-16-8-9-18(10)14;1-5(2,3)4/h3-7,15H,8-9H2,1-2H3;(H2,1,2,3,4). The highest BCUT2D eigenvalue weighted by atomic mass is 32.3. The average molecular weight is 338 g/mol. The molecule has 0 aliphatic carbocycles. The Morgan fingerprint density at radius 1 is 1.22 bits per heavy atom. The number of fused-ring (bicyclic) bond motifs is 1. The molecule has 0 amide bonds. The highest BCUT2D eigenvalue weighted by Gasteiger charge is 2.29. The quantitative estimate of drug-likeness (QED) is 0.695. The Labute approximate surface area is 134 Å². The van der Waals surface area contributed by atoms with Crippen LogP contribution in [0.15, 0.2) is 46.1 Å². The molecule has 0 spiro atoms. The maximum absolute atomic E-state index is 8.74. The van der Waals surface area contributed by atoms with Gasteiger partial charge in [-0.3, -0.25) is 14.1 Å². The van der Waals surface area contributed by atoms with Crippen molar-refractivity contribution in [1.29, 1.82) is 0 Å². The molecule has 2 aliphatic rings. The summed E-state index contributed by atoms with van der Waals surface area (Å²) >= 11 is 0. The average Bonchev–Trinajstić information content (AvgIpc) is 2.96. The minimum absolute atomic E-state index is 0.843. The molecule has 0 aromatic heterocycles. The van der Waals surface area contributed by atoms with Crippen molar-refractivity contribution in [3.05, 3.63) is 41.7 Å². The number of nitrogens with zero attached hydrogens (tertiary/aromatic N) is 3. The van der Waals surface area contributed by atoms with E-state index in [-0.39, 0.29) is 0 Å². The molecule has 124 valence electrons. The lowest BCUT2D eigenvalue weighted by Crippen LogP contribution is -2.37. The Morgan fingerprint density at radius 2 is 1.83 bits per heavy atom. The van der Waals surface area contributed by atoms with E-state index in [1.807, 2.05) is 32.2 Å². The predicted octanol–water partition coefficient (Wildman–Crippen LogP) is 1.07. The van der Waals surface area contributed by atoms with E-state index >= 15 is 0 Å². The second-order valence-electron chi connectivity index (χ2n) is 4.80. The molecule has 1 aromatic carbocycles. The minimum atomic E-state index is -4.67. The Bertz CT molecular complexity index is 761. The zero-order valence-corrected chi connectivity index (χ0v) is 13.6. The van der Waals surface area contributed by atoms with Gasteiger partial charge in [0.25, 0.3) is 0 Å². The van der Waals surface area contributed by atoms with Crippen LogP contribution in [0.5, 0.6) is 0 Å². The zero-order valence-electron chi connectivity index (χ0n) is 12.8. The number of nitrogens with one attached hydrogen (secondary N) is 1. The fourth-order valence-electron chi connectivity index (χ4n) is 2.41. The van der Waals surface area contributed by atoms with Crippen LogP contribution in [0.4, 0.5) is 0 Å². The molecule has 0 saturated heterocycles. The molecule has 2 heterocycles. The lowest BCUT2D eigenvalue weighted by molar-refractivity contribution is 0.381. The van der Waals surface area contributed by atoms with Crippen molar-refractivity contribution in [3.8, 4) is 0 Å². The third kappa shape index (κ3) is 4.38. The lowest BCUT2D eigenvalue weighted by atomic mass is 10.0. The van der Waals surface area contributed by atoms with E-state index < -0.39 is 10.4 Å². The second kappa shape index (κ2) is 6.90. The van der Waals surface area contributed by atoms with Gasteiger partial charge in [0.15, 0.2) is 0 Å². The summed E-state index contributed by atoms with van der Waals surface area (Å²) in [5.41, 5.74) is 2.25. The molecule has 0 fully saturated rings. The van der Waals surface area contributed by atoms with Crippen LogP contribution in [-0.4, -0.2) is 54.2 Å². The van der Waals surface area contributed by atoms with Crippen molar-refractivity contribution in [2.24, 2.45) is 9.98 Å². The highest BCUT2D eigenvalue weighted by Crippen LogP contribution is 2.27. The largest absolute Gasteiger partial charge is 0.394 e. The van der Waals surface area contributed by atoms with Crippen LogP contribution in [0.1, 0.15) is 12.5 Å². The van der Waals surface area contributed by atoms with Gasteiger partial charge in [-0.15, -0.1) is 0 Å². The van der Waals surface area contributed by atoms with Crippen LogP contribution in [0.25, 0.3) is 5.57 Å². The number of benzene rings is 1. The van der Waals surface area contributed by atoms with E-state index in [1.54, 1.807) is 0 Å². The summed E-state index contributed by atoms with van der Waals surface area (Å²) in [4.78, 5) is 11.4. The first-order chi connectivity index (χ1) is 10.8. The summed E-state index contributed by atoms with van der Waals surface area (Å²) in [5.74, 6) is 2.95. The van der Waals surface area contributed by atoms with Gasteiger partial charge in [-0.25, -0.2) is 4.99 Å². The smallest absolute Gasteiger partial charge is 0.372 e. The maximum Gasteiger partial charge on any atom is 0.394 e. The van der Waals surface area contributed by atoms with Crippen LogP contribution in [0.2, 0.25) is 0 Å². The zero-order chi connectivity index (χ0) is 17.0. The number of hydrogen-bond donors (Lipinski definition) is 3. The van der Waals surface area contributed by atoms with Crippen LogP contribution >= 0.6 is 0 Å². The van der Waals surface area contributed by atoms with Gasteiger partial charge in [0, 0.05) is 13.6 Å². The van der Waals surface area contributed by atoms with E-state index in [2.05, 4.69) is 32.3 Å². The Kier molecular flexibility index (Phi) is 5.14. The molecular formula is C14H18N4O4S. The van der Waals surface area contributed by atoms with E-state index in [1.165, 1.54) is 0 Å².